The van der Waals surface area contributed by atoms with E-state index in [4.69, 9.17) is 37.4 Å². The summed E-state index contributed by atoms with van der Waals surface area (Å²) >= 11 is 13.9. The van der Waals surface area contributed by atoms with Crippen LogP contribution in [0.15, 0.2) is 67.0 Å². The molecular weight excluding hydrogens is 733 g/mol. The zero-order chi connectivity index (χ0) is 37.7. The van der Waals surface area contributed by atoms with E-state index in [-0.39, 0.29) is 37.7 Å². The maximum atomic E-state index is 13.5. The van der Waals surface area contributed by atoms with Gasteiger partial charge in [0.15, 0.2) is 0 Å². The Morgan fingerprint density at radius 2 is 1.78 bits per heavy atom. The second kappa shape index (κ2) is 17.2. The van der Waals surface area contributed by atoms with Crippen molar-refractivity contribution >= 4 is 23.2 Å². The monoisotopic (exact) mass is 776 g/mol. The molecule has 4 aromatic rings. The largest absolute Gasteiger partial charge is 0.492 e. The highest BCUT2D eigenvalue weighted by Gasteiger charge is 2.34. The van der Waals surface area contributed by atoms with E-state index in [0.29, 0.717) is 72.1 Å². The molecule has 3 aliphatic rings. The molecule has 1 aromatic heterocycles. The molecule has 0 spiro atoms. The number of aliphatic hydroxyl groups is 1. The zero-order valence-electron chi connectivity index (χ0n) is 30.0. The van der Waals surface area contributed by atoms with Gasteiger partial charge in [0.2, 0.25) is 0 Å². The number of pyridine rings is 1. The highest BCUT2D eigenvalue weighted by molar-refractivity contribution is 6.35. The fourth-order valence-electron chi connectivity index (χ4n) is 7.70. The molecular formula is C42H44Cl2F2N4O4. The smallest absolute Gasteiger partial charge is 0.250 e. The van der Waals surface area contributed by atoms with Crippen LogP contribution >= 0.6 is 23.2 Å². The van der Waals surface area contributed by atoms with Crippen molar-refractivity contribution in [1.29, 1.82) is 5.26 Å². The van der Waals surface area contributed by atoms with Crippen molar-refractivity contribution < 1.29 is 28.1 Å². The second-order valence-electron chi connectivity index (χ2n) is 14.4. The van der Waals surface area contributed by atoms with Crippen LogP contribution in [0.3, 0.4) is 0 Å². The van der Waals surface area contributed by atoms with Crippen LogP contribution in [0.5, 0.6) is 17.2 Å². The minimum absolute atomic E-state index is 0.000964. The van der Waals surface area contributed by atoms with Crippen LogP contribution in [0.4, 0.5) is 8.78 Å². The highest BCUT2D eigenvalue weighted by atomic mass is 35.5. The third-order valence-corrected chi connectivity index (χ3v) is 11.4. The molecule has 284 valence electrons. The third kappa shape index (κ3) is 9.10. The molecule has 12 heteroatoms. The molecule has 1 saturated carbocycles. The highest BCUT2D eigenvalue weighted by Crippen LogP contribution is 2.45. The van der Waals surface area contributed by atoms with Gasteiger partial charge in [0, 0.05) is 80.2 Å². The average molecular weight is 778 g/mol. The number of ether oxygens (including phenoxy) is 3. The number of alkyl halides is 2. The third-order valence-electron chi connectivity index (χ3n) is 10.7. The van der Waals surface area contributed by atoms with Gasteiger partial charge in [-0.25, -0.2) is 8.78 Å². The summed E-state index contributed by atoms with van der Waals surface area (Å²) in [5, 5.41) is 24.2. The summed E-state index contributed by atoms with van der Waals surface area (Å²) in [4.78, 5) is 6.22. The van der Waals surface area contributed by atoms with Crippen LogP contribution in [-0.4, -0.2) is 59.3 Å². The maximum absolute atomic E-state index is 13.5. The lowest BCUT2D eigenvalue weighted by Crippen LogP contribution is -2.40. The molecule has 1 saturated heterocycles. The molecule has 0 bridgehead atoms. The predicted molar refractivity (Wildman–Crippen MR) is 205 cm³/mol. The fraction of sp³-hybridized carbons (Fsp3) is 0.429. The SMILES string of the molecule is N#Cc1cncc(COc2cc(O[C@H]3CCc4c(-c5cccc(OCCCN6CCC(F)(F)CC6)c5Cl)cccc43)c(Cl)cc2CN[C@@H]2CCC[C@@H]2O)c1. The first-order chi connectivity index (χ1) is 26.2. The minimum atomic E-state index is -2.55. The van der Waals surface area contributed by atoms with Gasteiger partial charge < -0.3 is 29.5 Å². The topological polar surface area (TPSA) is 99.9 Å². The first-order valence-electron chi connectivity index (χ1n) is 18.7. The van der Waals surface area contributed by atoms with E-state index in [9.17, 15) is 19.1 Å². The molecule has 54 heavy (non-hydrogen) atoms. The number of likely N-dealkylation sites (tertiary alicyclic amines) is 1. The van der Waals surface area contributed by atoms with Crippen molar-refractivity contribution in [2.45, 2.75) is 88.7 Å². The van der Waals surface area contributed by atoms with Gasteiger partial charge >= 0.3 is 0 Å². The number of fused-ring (bicyclic) bond motifs is 1. The molecule has 2 fully saturated rings. The van der Waals surface area contributed by atoms with Gasteiger partial charge in [0.25, 0.3) is 5.92 Å². The Hall–Kier alpha value is -3.98. The summed E-state index contributed by atoms with van der Waals surface area (Å²) in [6.07, 6.45) is 7.25. The number of hydrogen-bond acceptors (Lipinski definition) is 8. The normalized spacial score (nSPS) is 20.7. The number of aromatic nitrogens is 1. The Morgan fingerprint density at radius 3 is 2.57 bits per heavy atom. The Morgan fingerprint density at radius 1 is 0.963 bits per heavy atom. The van der Waals surface area contributed by atoms with E-state index in [0.717, 1.165) is 65.5 Å². The molecule has 2 N–H and O–H groups in total. The van der Waals surface area contributed by atoms with E-state index in [2.05, 4.69) is 33.4 Å². The van der Waals surface area contributed by atoms with Crippen LogP contribution in [0.25, 0.3) is 11.1 Å². The first-order valence-corrected chi connectivity index (χ1v) is 19.4. The van der Waals surface area contributed by atoms with Gasteiger partial charge in [-0.1, -0.05) is 53.5 Å². The van der Waals surface area contributed by atoms with E-state index in [1.54, 1.807) is 12.3 Å². The Bertz CT molecular complexity index is 1980. The maximum Gasteiger partial charge on any atom is 0.250 e. The summed E-state index contributed by atoms with van der Waals surface area (Å²) in [6, 6.07) is 19.5. The predicted octanol–water partition coefficient (Wildman–Crippen LogP) is 9.08. The lowest BCUT2D eigenvalue weighted by atomic mass is 9.96. The van der Waals surface area contributed by atoms with Crippen molar-refractivity contribution in [3.8, 4) is 34.4 Å². The quantitative estimate of drug-likeness (QED) is 0.123. The Balaban J connectivity index is 1.06. The summed E-state index contributed by atoms with van der Waals surface area (Å²) in [6.45, 7) is 2.59. The van der Waals surface area contributed by atoms with E-state index >= 15 is 0 Å². The molecule has 2 heterocycles. The zero-order valence-corrected chi connectivity index (χ0v) is 31.5. The average Bonchev–Trinajstić information content (AvgIpc) is 3.79. The Kier molecular flexibility index (Phi) is 12.2. The standard InChI is InChI=1S/C42H44Cl2F2N4O4/c43-34-20-29(25-49-35-8-3-9-36(35)51)39(53-26-28-19-27(22-47)23-48-24-28)21-40(34)54-37-12-11-31-30(5-1-6-32(31)37)33-7-2-10-38(41(33)44)52-18-4-15-50-16-13-42(45,46)14-17-50/h1-2,5-7,10,19-21,23-24,35-37,49,51H,3-4,8-9,11-18,25-26H2/t35-,36+,37+/m1/s1. The fourth-order valence-corrected chi connectivity index (χ4v) is 8.21. The van der Waals surface area contributed by atoms with E-state index < -0.39 is 5.92 Å². The molecule has 8 nitrogen and oxygen atoms in total. The van der Waals surface area contributed by atoms with Crippen LogP contribution < -0.4 is 19.5 Å². The molecule has 3 aromatic carbocycles. The molecule has 7 rings (SSSR count). The molecule has 0 radical (unpaired) electrons. The van der Waals surface area contributed by atoms with Gasteiger partial charge in [0.05, 0.1) is 28.3 Å². The summed E-state index contributed by atoms with van der Waals surface area (Å²) < 4.78 is 46.1. The van der Waals surface area contributed by atoms with Gasteiger partial charge in [-0.2, -0.15) is 5.26 Å². The van der Waals surface area contributed by atoms with Crippen LogP contribution in [0, 0.1) is 11.3 Å². The van der Waals surface area contributed by atoms with Crippen LogP contribution in [0.1, 0.15) is 78.9 Å². The van der Waals surface area contributed by atoms with Crippen molar-refractivity contribution in [2.75, 3.05) is 26.2 Å². The van der Waals surface area contributed by atoms with E-state index in [1.807, 2.05) is 36.4 Å². The summed E-state index contributed by atoms with van der Waals surface area (Å²) in [7, 11) is 0. The summed E-state index contributed by atoms with van der Waals surface area (Å²) in [5.74, 6) is -0.874. The number of rotatable bonds is 14. The molecule has 3 atom stereocenters. The lowest BCUT2D eigenvalue weighted by Gasteiger charge is -2.31. The molecule has 1 aliphatic heterocycles. The molecule has 2 aliphatic carbocycles. The van der Waals surface area contributed by atoms with Crippen molar-refractivity contribution in [3.05, 3.63) is 105 Å². The number of nitrogens with one attached hydrogen (secondary N) is 1. The van der Waals surface area contributed by atoms with Crippen molar-refractivity contribution in [3.63, 3.8) is 0 Å². The number of piperidine rings is 1. The van der Waals surface area contributed by atoms with Gasteiger partial charge in [-0.05, 0) is 73.4 Å². The van der Waals surface area contributed by atoms with Gasteiger partial charge in [-0.15, -0.1) is 0 Å². The van der Waals surface area contributed by atoms with Crippen molar-refractivity contribution in [1.82, 2.24) is 15.2 Å². The number of nitriles is 1. The first kappa shape index (κ1) is 38.3. The minimum Gasteiger partial charge on any atom is -0.492 e. The summed E-state index contributed by atoms with van der Waals surface area (Å²) in [5.41, 5.74) is 6.14. The number of benzene rings is 3. The second-order valence-corrected chi connectivity index (χ2v) is 15.2. The lowest BCUT2D eigenvalue weighted by molar-refractivity contribution is -0.0554. The Labute approximate surface area is 325 Å². The number of hydrogen-bond donors (Lipinski definition) is 2. The van der Waals surface area contributed by atoms with Gasteiger partial charge in [0.1, 0.15) is 36.0 Å². The molecule has 0 amide bonds. The van der Waals surface area contributed by atoms with Crippen LogP contribution in [-0.2, 0) is 19.6 Å². The molecule has 0 unspecified atom stereocenters. The number of nitrogens with zero attached hydrogens (tertiary/aromatic N) is 3. The number of halogens is 4. The van der Waals surface area contributed by atoms with Gasteiger partial charge in [-0.3, -0.25) is 4.98 Å². The van der Waals surface area contributed by atoms with Crippen LogP contribution in [0.2, 0.25) is 10.0 Å². The number of aliphatic hydroxyl groups excluding tert-OH is 1. The van der Waals surface area contributed by atoms with Crippen molar-refractivity contribution in [2.24, 2.45) is 0 Å². The van der Waals surface area contributed by atoms with E-state index in [1.165, 1.54) is 6.20 Å².